The van der Waals surface area contributed by atoms with Gasteiger partial charge >= 0.3 is 5.97 Å². The van der Waals surface area contributed by atoms with Crippen LogP contribution in [0.3, 0.4) is 0 Å². The summed E-state index contributed by atoms with van der Waals surface area (Å²) < 4.78 is 0.612. The number of carboxylic acids is 1. The molecule has 0 saturated carbocycles. The second-order valence-electron chi connectivity index (χ2n) is 3.90. The number of carbonyl (C=O) groups excluding carboxylic acids is 1. The topological polar surface area (TPSA) is 66.4 Å². The molecule has 6 heteroatoms. The normalized spacial score (nSPS) is 10.1. The number of hydrogen-bond acceptors (Lipinski definition) is 2. The van der Waals surface area contributed by atoms with Gasteiger partial charge in [0.2, 0.25) is 0 Å². The van der Waals surface area contributed by atoms with Crippen LogP contribution in [0.25, 0.3) is 0 Å². The number of carboxylic acid groups (broad SMARTS) is 1. The van der Waals surface area contributed by atoms with E-state index in [0.717, 1.165) is 0 Å². The van der Waals surface area contributed by atoms with Crippen LogP contribution < -0.4 is 5.32 Å². The zero-order chi connectivity index (χ0) is 14.7. The van der Waals surface area contributed by atoms with Gasteiger partial charge in [0.05, 0.1) is 21.8 Å². The smallest absolute Gasteiger partial charge is 0.337 e. The van der Waals surface area contributed by atoms with Crippen LogP contribution in [0.5, 0.6) is 0 Å². The van der Waals surface area contributed by atoms with Crippen molar-refractivity contribution in [2.24, 2.45) is 0 Å². The highest BCUT2D eigenvalue weighted by Gasteiger charge is 2.17. The number of carbonyl (C=O) groups is 2. The van der Waals surface area contributed by atoms with Crippen LogP contribution in [0.4, 0.5) is 5.69 Å². The van der Waals surface area contributed by atoms with Gasteiger partial charge in [0.1, 0.15) is 0 Å². The van der Waals surface area contributed by atoms with Crippen LogP contribution in [0.15, 0.2) is 46.9 Å². The Morgan fingerprint density at radius 1 is 1.05 bits per heavy atom. The summed E-state index contributed by atoms with van der Waals surface area (Å²) in [5, 5.41) is 11.8. The third-order valence-electron chi connectivity index (χ3n) is 2.60. The van der Waals surface area contributed by atoms with Crippen LogP contribution in [0, 0.1) is 0 Å². The van der Waals surface area contributed by atoms with E-state index in [4.69, 9.17) is 16.7 Å². The van der Waals surface area contributed by atoms with E-state index in [1.54, 1.807) is 24.3 Å². The molecule has 0 aromatic heterocycles. The summed E-state index contributed by atoms with van der Waals surface area (Å²) in [6, 6.07) is 11.2. The van der Waals surface area contributed by atoms with E-state index in [1.807, 2.05) is 0 Å². The molecule has 2 aromatic carbocycles. The average molecular weight is 355 g/mol. The first kappa shape index (κ1) is 14.6. The van der Waals surface area contributed by atoms with Crippen molar-refractivity contribution in [1.29, 1.82) is 0 Å². The van der Waals surface area contributed by atoms with Crippen LogP contribution in [0.1, 0.15) is 20.7 Å². The van der Waals surface area contributed by atoms with Crippen molar-refractivity contribution in [1.82, 2.24) is 0 Å². The summed E-state index contributed by atoms with van der Waals surface area (Å²) in [5.74, 6) is -1.59. The lowest BCUT2D eigenvalue weighted by Crippen LogP contribution is -2.15. The fourth-order valence-electron chi connectivity index (χ4n) is 1.66. The SMILES string of the molecule is O=C(Nc1c(Cl)cccc1C(=O)O)c1ccccc1Br. The Hall–Kier alpha value is -1.85. The van der Waals surface area contributed by atoms with E-state index in [1.165, 1.54) is 18.2 Å². The number of rotatable bonds is 3. The summed E-state index contributed by atoms with van der Waals surface area (Å²) in [7, 11) is 0. The Balaban J connectivity index is 2.38. The zero-order valence-corrected chi connectivity index (χ0v) is 12.4. The van der Waals surface area contributed by atoms with Gasteiger partial charge in [-0.3, -0.25) is 4.79 Å². The molecule has 2 aromatic rings. The van der Waals surface area contributed by atoms with Crippen LogP contribution in [-0.4, -0.2) is 17.0 Å². The van der Waals surface area contributed by atoms with Gasteiger partial charge in [-0.25, -0.2) is 4.79 Å². The lowest BCUT2D eigenvalue weighted by atomic mass is 10.1. The molecule has 0 aliphatic rings. The van der Waals surface area contributed by atoms with Gasteiger partial charge in [-0.2, -0.15) is 0 Å². The van der Waals surface area contributed by atoms with Gasteiger partial charge in [0.15, 0.2) is 0 Å². The van der Waals surface area contributed by atoms with E-state index in [9.17, 15) is 9.59 Å². The van der Waals surface area contributed by atoms with Gasteiger partial charge in [0.25, 0.3) is 5.91 Å². The summed E-state index contributed by atoms with van der Waals surface area (Å²) in [4.78, 5) is 23.3. The molecule has 0 radical (unpaired) electrons. The zero-order valence-electron chi connectivity index (χ0n) is 10.1. The largest absolute Gasteiger partial charge is 0.478 e. The molecule has 0 spiro atoms. The second kappa shape index (κ2) is 6.07. The molecule has 0 fully saturated rings. The van der Waals surface area contributed by atoms with Crippen molar-refractivity contribution < 1.29 is 14.7 Å². The first-order chi connectivity index (χ1) is 9.50. The summed E-state index contributed by atoms with van der Waals surface area (Å²) in [5.41, 5.74) is 0.420. The van der Waals surface area contributed by atoms with E-state index >= 15 is 0 Å². The van der Waals surface area contributed by atoms with Crippen molar-refractivity contribution in [2.75, 3.05) is 5.32 Å². The Morgan fingerprint density at radius 2 is 1.70 bits per heavy atom. The maximum Gasteiger partial charge on any atom is 0.337 e. The minimum atomic E-state index is -1.16. The molecule has 0 unspecified atom stereocenters. The predicted molar refractivity (Wildman–Crippen MR) is 80.5 cm³/mol. The van der Waals surface area contributed by atoms with Crippen molar-refractivity contribution in [3.63, 3.8) is 0 Å². The number of anilines is 1. The number of para-hydroxylation sites is 1. The molecule has 102 valence electrons. The van der Waals surface area contributed by atoms with Gasteiger partial charge in [-0.05, 0) is 40.2 Å². The number of amides is 1. The monoisotopic (exact) mass is 353 g/mol. The van der Waals surface area contributed by atoms with Crippen molar-refractivity contribution in [3.05, 3.63) is 63.1 Å². The molecule has 0 heterocycles. The summed E-state index contributed by atoms with van der Waals surface area (Å²) >= 11 is 9.22. The Kier molecular flexibility index (Phi) is 4.42. The van der Waals surface area contributed by atoms with Gasteiger partial charge in [0, 0.05) is 4.47 Å². The second-order valence-corrected chi connectivity index (χ2v) is 5.16. The highest BCUT2D eigenvalue weighted by molar-refractivity contribution is 9.10. The maximum absolute atomic E-state index is 12.2. The maximum atomic E-state index is 12.2. The molecule has 4 nitrogen and oxygen atoms in total. The fraction of sp³-hybridized carbons (Fsp3) is 0. The van der Waals surface area contributed by atoms with Gasteiger partial charge in [-0.1, -0.05) is 29.8 Å². The molecule has 0 aliphatic heterocycles. The van der Waals surface area contributed by atoms with Crippen LogP contribution in [0.2, 0.25) is 5.02 Å². The van der Waals surface area contributed by atoms with E-state index in [0.29, 0.717) is 10.0 Å². The molecular formula is C14H9BrClNO3. The third-order valence-corrected chi connectivity index (χ3v) is 3.61. The first-order valence-corrected chi connectivity index (χ1v) is 6.75. The van der Waals surface area contributed by atoms with E-state index in [-0.39, 0.29) is 16.3 Å². The summed E-state index contributed by atoms with van der Waals surface area (Å²) in [6.07, 6.45) is 0. The molecular weight excluding hydrogens is 346 g/mol. The molecule has 2 N–H and O–H groups in total. The Labute approximate surface area is 128 Å². The van der Waals surface area contributed by atoms with E-state index in [2.05, 4.69) is 21.2 Å². The number of benzene rings is 2. The van der Waals surface area contributed by atoms with Crippen molar-refractivity contribution >= 4 is 45.1 Å². The number of nitrogens with one attached hydrogen (secondary N) is 1. The molecule has 2 rings (SSSR count). The van der Waals surface area contributed by atoms with Crippen molar-refractivity contribution in [3.8, 4) is 0 Å². The fourth-order valence-corrected chi connectivity index (χ4v) is 2.34. The Bertz CT molecular complexity index is 688. The minimum absolute atomic E-state index is 0.0575. The quantitative estimate of drug-likeness (QED) is 0.874. The summed E-state index contributed by atoms with van der Waals surface area (Å²) in [6.45, 7) is 0. The number of halogens is 2. The highest BCUT2D eigenvalue weighted by Crippen LogP contribution is 2.27. The van der Waals surface area contributed by atoms with Crippen LogP contribution in [-0.2, 0) is 0 Å². The van der Waals surface area contributed by atoms with E-state index < -0.39 is 11.9 Å². The number of hydrogen-bond donors (Lipinski definition) is 2. The highest BCUT2D eigenvalue weighted by atomic mass is 79.9. The van der Waals surface area contributed by atoms with Crippen LogP contribution >= 0.6 is 27.5 Å². The molecule has 0 aliphatic carbocycles. The molecule has 0 bridgehead atoms. The minimum Gasteiger partial charge on any atom is -0.478 e. The van der Waals surface area contributed by atoms with Crippen molar-refractivity contribution in [2.45, 2.75) is 0 Å². The standard InChI is InChI=1S/C14H9BrClNO3/c15-10-6-2-1-4-8(10)13(18)17-12-9(14(19)20)5-3-7-11(12)16/h1-7H,(H,17,18)(H,19,20). The first-order valence-electron chi connectivity index (χ1n) is 5.58. The van der Waals surface area contributed by atoms with Gasteiger partial charge < -0.3 is 10.4 Å². The van der Waals surface area contributed by atoms with Gasteiger partial charge in [-0.15, -0.1) is 0 Å². The number of aromatic carboxylic acids is 1. The lowest BCUT2D eigenvalue weighted by molar-refractivity contribution is 0.0698. The molecule has 0 atom stereocenters. The lowest BCUT2D eigenvalue weighted by Gasteiger charge is -2.11. The molecule has 1 amide bonds. The molecule has 20 heavy (non-hydrogen) atoms. The predicted octanol–water partition coefficient (Wildman–Crippen LogP) is 4.05. The third kappa shape index (κ3) is 3.00. The average Bonchev–Trinajstić information content (AvgIpc) is 2.41. The molecule has 0 saturated heterocycles. The Morgan fingerprint density at radius 3 is 2.35 bits per heavy atom.